The lowest BCUT2D eigenvalue weighted by Gasteiger charge is -2.09. The van der Waals surface area contributed by atoms with E-state index in [4.69, 9.17) is 12.2 Å². The summed E-state index contributed by atoms with van der Waals surface area (Å²) in [6.45, 7) is 5.00. The van der Waals surface area contributed by atoms with E-state index >= 15 is 0 Å². The molecule has 1 heterocycles. The van der Waals surface area contributed by atoms with Crippen molar-refractivity contribution in [2.45, 2.75) is 20.4 Å². The molecule has 1 aromatic heterocycles. The van der Waals surface area contributed by atoms with Crippen LogP contribution < -0.4 is 0 Å². The summed E-state index contributed by atoms with van der Waals surface area (Å²) in [5, 5.41) is 6.99. The van der Waals surface area contributed by atoms with Gasteiger partial charge in [-0.15, -0.1) is 0 Å². The Labute approximate surface area is 118 Å². The lowest BCUT2D eigenvalue weighted by Crippen LogP contribution is -2.06. The van der Waals surface area contributed by atoms with E-state index in [-0.39, 0.29) is 5.82 Å². The third kappa shape index (κ3) is 2.70. The molecule has 0 aliphatic heterocycles. The number of nitrogens with zero attached hydrogens (tertiary/aromatic N) is 2. The molecule has 2 rings (SSSR count). The van der Waals surface area contributed by atoms with Crippen LogP contribution in [0, 0.1) is 16.5 Å². The van der Waals surface area contributed by atoms with Gasteiger partial charge in [-0.25, -0.2) is 4.39 Å². The Hall–Kier alpha value is -1.01. The van der Waals surface area contributed by atoms with Crippen LogP contribution in [0.25, 0.3) is 11.4 Å². The average molecular weight is 330 g/mol. The molecule has 0 saturated carbocycles. The van der Waals surface area contributed by atoms with Crippen molar-refractivity contribution in [3.8, 4) is 11.4 Å². The average Bonchev–Trinajstić information content (AvgIpc) is 2.64. The van der Waals surface area contributed by atoms with Crippen molar-refractivity contribution >= 4 is 28.1 Å². The SMILES string of the molecule is CC(C)Cn1c(-c2ccc(F)c(Br)c2)n[nH]c1=S. The zero-order valence-corrected chi connectivity index (χ0v) is 12.5. The van der Waals surface area contributed by atoms with Crippen molar-refractivity contribution in [2.24, 2.45) is 5.92 Å². The molecule has 3 nitrogen and oxygen atoms in total. The summed E-state index contributed by atoms with van der Waals surface area (Å²) in [5.41, 5.74) is 0.830. The quantitative estimate of drug-likeness (QED) is 0.857. The fourth-order valence-corrected chi connectivity index (χ4v) is 2.29. The molecule has 0 aliphatic carbocycles. The molecule has 0 atom stereocenters. The largest absolute Gasteiger partial charge is 0.300 e. The maximum atomic E-state index is 13.2. The van der Waals surface area contributed by atoms with E-state index in [9.17, 15) is 4.39 Å². The van der Waals surface area contributed by atoms with Gasteiger partial charge >= 0.3 is 0 Å². The molecule has 96 valence electrons. The van der Waals surface area contributed by atoms with E-state index in [1.54, 1.807) is 12.1 Å². The van der Waals surface area contributed by atoms with Crippen LogP contribution >= 0.6 is 28.1 Å². The van der Waals surface area contributed by atoms with Gasteiger partial charge in [0.05, 0.1) is 4.47 Å². The molecule has 0 unspecified atom stereocenters. The fourth-order valence-electron chi connectivity index (χ4n) is 1.71. The van der Waals surface area contributed by atoms with Crippen molar-refractivity contribution in [3.63, 3.8) is 0 Å². The molecule has 0 aliphatic rings. The zero-order valence-electron chi connectivity index (χ0n) is 10.1. The minimum atomic E-state index is -0.289. The molecule has 1 aromatic carbocycles. The Bertz CT molecular complexity index is 618. The van der Waals surface area contributed by atoms with E-state index in [1.165, 1.54) is 6.07 Å². The smallest absolute Gasteiger partial charge is 0.195 e. The number of hydrogen-bond donors (Lipinski definition) is 1. The highest BCUT2D eigenvalue weighted by molar-refractivity contribution is 9.10. The summed E-state index contributed by atoms with van der Waals surface area (Å²) in [5.74, 6) is 0.898. The van der Waals surface area contributed by atoms with E-state index in [2.05, 4.69) is 40.0 Å². The molecule has 0 saturated heterocycles. The molecular weight excluding hydrogens is 317 g/mol. The Balaban J connectivity index is 2.50. The van der Waals surface area contributed by atoms with Gasteiger partial charge in [-0.3, -0.25) is 9.67 Å². The van der Waals surface area contributed by atoms with Crippen LogP contribution in [0.3, 0.4) is 0 Å². The predicted octanol–water partition coefficient (Wildman–Crippen LogP) is 4.17. The van der Waals surface area contributed by atoms with Crippen molar-refractivity contribution < 1.29 is 4.39 Å². The molecule has 0 bridgehead atoms. The Morgan fingerprint density at radius 1 is 1.50 bits per heavy atom. The molecule has 0 spiro atoms. The van der Waals surface area contributed by atoms with Crippen LogP contribution in [0.5, 0.6) is 0 Å². The van der Waals surface area contributed by atoms with Crippen molar-refractivity contribution in [2.75, 3.05) is 0 Å². The van der Waals surface area contributed by atoms with Gasteiger partial charge < -0.3 is 0 Å². The Kier molecular flexibility index (Phi) is 3.97. The molecule has 0 radical (unpaired) electrons. The van der Waals surface area contributed by atoms with Gasteiger partial charge in [0, 0.05) is 12.1 Å². The number of halogens is 2. The number of benzene rings is 1. The maximum absolute atomic E-state index is 13.2. The summed E-state index contributed by atoms with van der Waals surface area (Å²) in [6, 6.07) is 4.82. The minimum Gasteiger partial charge on any atom is -0.300 e. The monoisotopic (exact) mass is 329 g/mol. The highest BCUT2D eigenvalue weighted by atomic mass is 79.9. The number of aromatic amines is 1. The predicted molar refractivity (Wildman–Crippen MR) is 75.3 cm³/mol. The third-order valence-electron chi connectivity index (χ3n) is 2.48. The van der Waals surface area contributed by atoms with Gasteiger partial charge in [-0.1, -0.05) is 13.8 Å². The van der Waals surface area contributed by atoms with E-state index < -0.39 is 0 Å². The minimum absolute atomic E-state index is 0.289. The second-order valence-corrected chi connectivity index (χ2v) is 5.73. The van der Waals surface area contributed by atoms with E-state index in [0.717, 1.165) is 17.9 Å². The first-order valence-electron chi connectivity index (χ1n) is 5.59. The topological polar surface area (TPSA) is 33.6 Å². The first kappa shape index (κ1) is 13.4. The second-order valence-electron chi connectivity index (χ2n) is 4.49. The summed E-state index contributed by atoms with van der Waals surface area (Å²) in [7, 11) is 0. The normalized spacial score (nSPS) is 11.2. The first-order chi connectivity index (χ1) is 8.49. The van der Waals surface area contributed by atoms with Crippen LogP contribution in [0.1, 0.15) is 13.8 Å². The Morgan fingerprint density at radius 3 is 2.83 bits per heavy atom. The van der Waals surface area contributed by atoms with Crippen LogP contribution in [-0.4, -0.2) is 14.8 Å². The highest BCUT2D eigenvalue weighted by Crippen LogP contribution is 2.24. The molecule has 6 heteroatoms. The van der Waals surface area contributed by atoms with Crippen molar-refractivity contribution in [1.29, 1.82) is 0 Å². The first-order valence-corrected chi connectivity index (χ1v) is 6.79. The highest BCUT2D eigenvalue weighted by Gasteiger charge is 2.11. The molecular formula is C12H13BrFN3S. The van der Waals surface area contributed by atoms with Gasteiger partial charge in [0.15, 0.2) is 10.6 Å². The Morgan fingerprint density at radius 2 is 2.22 bits per heavy atom. The van der Waals surface area contributed by atoms with E-state index in [1.807, 2.05) is 4.57 Å². The van der Waals surface area contributed by atoms with Gasteiger partial charge in [0.2, 0.25) is 0 Å². The summed E-state index contributed by atoms with van der Waals surface area (Å²) >= 11 is 8.39. The lowest BCUT2D eigenvalue weighted by atomic mass is 10.2. The zero-order chi connectivity index (χ0) is 13.3. The summed E-state index contributed by atoms with van der Waals surface area (Å²) in [4.78, 5) is 0. The maximum Gasteiger partial charge on any atom is 0.195 e. The number of hydrogen-bond acceptors (Lipinski definition) is 2. The van der Waals surface area contributed by atoms with Crippen LogP contribution in [-0.2, 0) is 6.54 Å². The fraction of sp³-hybridized carbons (Fsp3) is 0.333. The summed E-state index contributed by atoms with van der Waals surface area (Å²) in [6.07, 6.45) is 0. The lowest BCUT2D eigenvalue weighted by molar-refractivity contribution is 0.521. The molecule has 0 fully saturated rings. The molecule has 18 heavy (non-hydrogen) atoms. The number of nitrogens with one attached hydrogen (secondary N) is 1. The number of H-pyrrole nitrogens is 1. The molecule has 1 N–H and O–H groups in total. The van der Waals surface area contributed by atoms with Gasteiger partial charge in [0.1, 0.15) is 5.82 Å². The van der Waals surface area contributed by atoms with Gasteiger partial charge in [-0.05, 0) is 52.3 Å². The van der Waals surface area contributed by atoms with Crippen molar-refractivity contribution in [1.82, 2.24) is 14.8 Å². The second kappa shape index (κ2) is 5.32. The van der Waals surface area contributed by atoms with Crippen LogP contribution in [0.15, 0.2) is 22.7 Å². The number of rotatable bonds is 3. The third-order valence-corrected chi connectivity index (χ3v) is 3.40. The van der Waals surface area contributed by atoms with Gasteiger partial charge in [0.25, 0.3) is 0 Å². The van der Waals surface area contributed by atoms with E-state index in [0.29, 0.717) is 15.2 Å². The van der Waals surface area contributed by atoms with Crippen LogP contribution in [0.4, 0.5) is 4.39 Å². The standard InChI is InChI=1S/C12H13BrFN3S/c1-7(2)6-17-11(15-16-12(17)18)8-3-4-10(14)9(13)5-8/h3-5,7H,6H2,1-2H3,(H,16,18). The van der Waals surface area contributed by atoms with Crippen molar-refractivity contribution in [3.05, 3.63) is 33.3 Å². The molecule has 0 amide bonds. The molecule has 2 aromatic rings. The summed E-state index contributed by atoms with van der Waals surface area (Å²) < 4.78 is 16.2. The van der Waals surface area contributed by atoms with Gasteiger partial charge in [-0.2, -0.15) is 5.10 Å². The number of aromatic nitrogens is 3. The van der Waals surface area contributed by atoms with Crippen LogP contribution in [0.2, 0.25) is 0 Å².